The molecule has 1 N–H and O–H groups in total. The zero-order valence-electron chi connectivity index (χ0n) is 10.7. The largest absolute Gasteiger partial charge is 0.317 e. The number of rotatable bonds is 2. The molecule has 0 saturated heterocycles. The van der Waals surface area contributed by atoms with Gasteiger partial charge in [0.1, 0.15) is 0 Å². The van der Waals surface area contributed by atoms with E-state index < -0.39 is 0 Å². The van der Waals surface area contributed by atoms with Gasteiger partial charge in [0.15, 0.2) is 0 Å². The second-order valence-electron chi connectivity index (χ2n) is 5.19. The molecule has 1 aliphatic rings. The molecule has 1 aromatic rings. The minimum atomic E-state index is 0.723. The van der Waals surface area contributed by atoms with Gasteiger partial charge in [-0.2, -0.15) is 0 Å². The summed E-state index contributed by atoms with van der Waals surface area (Å²) in [5.74, 6) is 0.769. The third-order valence-corrected chi connectivity index (χ3v) is 4.08. The van der Waals surface area contributed by atoms with Crippen molar-refractivity contribution in [3.05, 3.63) is 34.9 Å². The van der Waals surface area contributed by atoms with Crippen LogP contribution in [0, 0.1) is 13.8 Å². The van der Waals surface area contributed by atoms with E-state index in [4.69, 9.17) is 0 Å². The molecule has 1 heteroatoms. The Balaban J connectivity index is 2.13. The fourth-order valence-corrected chi connectivity index (χ4v) is 2.77. The molecule has 1 fully saturated rings. The van der Waals surface area contributed by atoms with Crippen LogP contribution in [-0.2, 0) is 0 Å². The second-order valence-corrected chi connectivity index (χ2v) is 5.19. The highest BCUT2D eigenvalue weighted by Crippen LogP contribution is 2.33. The highest BCUT2D eigenvalue weighted by Gasteiger charge is 2.22. The highest BCUT2D eigenvalue weighted by molar-refractivity contribution is 5.32. The van der Waals surface area contributed by atoms with E-state index in [1.807, 2.05) is 0 Å². The molecule has 88 valence electrons. The van der Waals surface area contributed by atoms with E-state index in [1.54, 1.807) is 5.56 Å². The van der Waals surface area contributed by atoms with E-state index in [9.17, 15) is 0 Å². The molecule has 0 radical (unpaired) electrons. The van der Waals surface area contributed by atoms with Crippen molar-refractivity contribution in [1.82, 2.24) is 5.32 Å². The molecule has 1 nitrogen and oxygen atoms in total. The number of nitrogens with one attached hydrogen (secondary N) is 1. The van der Waals surface area contributed by atoms with E-state index in [-0.39, 0.29) is 0 Å². The molecule has 1 saturated carbocycles. The van der Waals surface area contributed by atoms with Crippen LogP contribution < -0.4 is 5.32 Å². The van der Waals surface area contributed by atoms with Gasteiger partial charge in [0.25, 0.3) is 0 Å². The molecule has 2 rings (SSSR count). The zero-order chi connectivity index (χ0) is 11.5. The molecule has 16 heavy (non-hydrogen) atoms. The van der Waals surface area contributed by atoms with Crippen LogP contribution in [-0.4, -0.2) is 13.1 Å². The van der Waals surface area contributed by atoms with Crippen LogP contribution in [0.5, 0.6) is 0 Å². The predicted molar refractivity (Wildman–Crippen MR) is 70.0 cm³/mol. The highest BCUT2D eigenvalue weighted by atomic mass is 14.9. The molecule has 0 aromatic heterocycles. The van der Waals surface area contributed by atoms with E-state index in [0.717, 1.165) is 12.0 Å². The summed E-state index contributed by atoms with van der Waals surface area (Å²) in [7, 11) is 2.09. The lowest BCUT2D eigenvalue weighted by Gasteiger charge is -2.29. The normalized spacial score (nSPS) is 25.7. The number of aryl methyl sites for hydroxylation is 2. The average Bonchev–Trinajstić information content (AvgIpc) is 2.33. The van der Waals surface area contributed by atoms with Gasteiger partial charge < -0.3 is 5.32 Å². The Morgan fingerprint density at radius 1 is 1.12 bits per heavy atom. The predicted octanol–water partition coefficient (Wildman–Crippen LogP) is 3.55. The van der Waals surface area contributed by atoms with Gasteiger partial charge in [-0.15, -0.1) is 0 Å². The molecule has 1 aromatic carbocycles. The first-order valence-corrected chi connectivity index (χ1v) is 6.45. The van der Waals surface area contributed by atoms with Gasteiger partial charge in [-0.05, 0) is 62.8 Å². The lowest BCUT2D eigenvalue weighted by atomic mass is 9.81. The topological polar surface area (TPSA) is 12.0 Å². The first kappa shape index (κ1) is 11.7. The lowest BCUT2D eigenvalue weighted by molar-refractivity contribution is 0.355. The van der Waals surface area contributed by atoms with Crippen LogP contribution in [0.4, 0.5) is 0 Å². The van der Waals surface area contributed by atoms with Gasteiger partial charge in [-0.1, -0.05) is 24.6 Å². The van der Waals surface area contributed by atoms with Crippen molar-refractivity contribution in [3.63, 3.8) is 0 Å². The Hall–Kier alpha value is -0.820. The summed E-state index contributed by atoms with van der Waals surface area (Å²) in [6.07, 6.45) is 5.38. The van der Waals surface area contributed by atoms with Crippen LogP contribution in [0.15, 0.2) is 18.2 Å². The Labute approximate surface area is 99.3 Å². The van der Waals surface area contributed by atoms with E-state index in [2.05, 4.69) is 44.4 Å². The number of hydrogen-bond acceptors (Lipinski definition) is 1. The minimum Gasteiger partial charge on any atom is -0.317 e. The molecule has 0 heterocycles. The van der Waals surface area contributed by atoms with Crippen LogP contribution in [0.1, 0.15) is 48.3 Å². The fraction of sp³-hybridized carbons (Fsp3) is 0.600. The maximum Gasteiger partial charge on any atom is 0.00698 e. The molecule has 0 amide bonds. The first-order chi connectivity index (χ1) is 7.70. The summed E-state index contributed by atoms with van der Waals surface area (Å²) in [5, 5.41) is 3.43. The lowest BCUT2D eigenvalue weighted by Crippen LogP contribution is -2.30. The molecule has 0 bridgehead atoms. The Bertz CT molecular complexity index is 356. The first-order valence-electron chi connectivity index (χ1n) is 6.45. The van der Waals surface area contributed by atoms with Crippen molar-refractivity contribution in [1.29, 1.82) is 0 Å². The molecule has 0 aliphatic heterocycles. The van der Waals surface area contributed by atoms with Crippen molar-refractivity contribution in [2.24, 2.45) is 0 Å². The third kappa shape index (κ3) is 2.46. The van der Waals surface area contributed by atoms with Crippen LogP contribution in [0.3, 0.4) is 0 Å². The minimum absolute atomic E-state index is 0.723. The summed E-state index contributed by atoms with van der Waals surface area (Å²) in [6, 6.07) is 7.71. The monoisotopic (exact) mass is 217 g/mol. The average molecular weight is 217 g/mol. The third-order valence-electron chi connectivity index (χ3n) is 4.08. The maximum atomic E-state index is 3.43. The second kappa shape index (κ2) is 5.01. The standard InChI is InChI=1S/C15H23N/c1-11-7-8-14(9-12(11)2)13-5-4-6-15(10-13)16-3/h7-9,13,15-16H,4-6,10H2,1-3H3. The van der Waals surface area contributed by atoms with Gasteiger partial charge in [0, 0.05) is 6.04 Å². The van der Waals surface area contributed by atoms with E-state index >= 15 is 0 Å². The molecular formula is C15H23N. The van der Waals surface area contributed by atoms with Crippen LogP contribution >= 0.6 is 0 Å². The van der Waals surface area contributed by atoms with Crippen molar-refractivity contribution >= 4 is 0 Å². The van der Waals surface area contributed by atoms with Gasteiger partial charge in [0.2, 0.25) is 0 Å². The van der Waals surface area contributed by atoms with Crippen LogP contribution in [0.2, 0.25) is 0 Å². The summed E-state index contributed by atoms with van der Waals surface area (Å²) < 4.78 is 0. The summed E-state index contributed by atoms with van der Waals surface area (Å²) in [4.78, 5) is 0. The van der Waals surface area contributed by atoms with Crippen molar-refractivity contribution in [2.45, 2.75) is 51.5 Å². The molecule has 2 atom stereocenters. The van der Waals surface area contributed by atoms with Crippen molar-refractivity contribution in [3.8, 4) is 0 Å². The SMILES string of the molecule is CNC1CCCC(c2ccc(C)c(C)c2)C1. The van der Waals surface area contributed by atoms with E-state index in [1.165, 1.54) is 36.8 Å². The fourth-order valence-electron chi connectivity index (χ4n) is 2.77. The number of hydrogen-bond donors (Lipinski definition) is 1. The van der Waals surface area contributed by atoms with Crippen molar-refractivity contribution in [2.75, 3.05) is 7.05 Å². The molecule has 0 spiro atoms. The molecule has 1 aliphatic carbocycles. The Morgan fingerprint density at radius 2 is 1.94 bits per heavy atom. The molecular weight excluding hydrogens is 194 g/mol. The maximum absolute atomic E-state index is 3.43. The van der Waals surface area contributed by atoms with Gasteiger partial charge in [-0.3, -0.25) is 0 Å². The van der Waals surface area contributed by atoms with Gasteiger partial charge >= 0.3 is 0 Å². The smallest absolute Gasteiger partial charge is 0.00698 e. The van der Waals surface area contributed by atoms with Gasteiger partial charge in [0.05, 0.1) is 0 Å². The summed E-state index contributed by atoms with van der Waals surface area (Å²) >= 11 is 0. The Morgan fingerprint density at radius 3 is 2.62 bits per heavy atom. The van der Waals surface area contributed by atoms with Crippen LogP contribution in [0.25, 0.3) is 0 Å². The van der Waals surface area contributed by atoms with Gasteiger partial charge in [-0.25, -0.2) is 0 Å². The number of benzene rings is 1. The summed E-state index contributed by atoms with van der Waals surface area (Å²) in [6.45, 7) is 4.41. The quantitative estimate of drug-likeness (QED) is 0.799. The van der Waals surface area contributed by atoms with Crippen molar-refractivity contribution < 1.29 is 0 Å². The zero-order valence-corrected chi connectivity index (χ0v) is 10.7. The Kier molecular flexibility index (Phi) is 3.65. The van der Waals surface area contributed by atoms with E-state index in [0.29, 0.717) is 0 Å². The summed E-state index contributed by atoms with van der Waals surface area (Å²) in [5.41, 5.74) is 4.39. The molecule has 2 unspecified atom stereocenters.